The molecule has 0 aromatic rings. The molecule has 0 amide bonds. The number of rotatable bonds is 12. The van der Waals surface area contributed by atoms with Crippen molar-refractivity contribution < 1.29 is 23.5 Å². The second-order valence-electron chi connectivity index (χ2n) is 4.66. The maximum atomic E-state index is 12.8. The molecule has 0 heterocycles. The van der Waals surface area contributed by atoms with Gasteiger partial charge in [-0.3, -0.25) is 9.36 Å². The van der Waals surface area contributed by atoms with Gasteiger partial charge in [0.15, 0.2) is 0 Å². The van der Waals surface area contributed by atoms with E-state index in [1.807, 2.05) is 0 Å². The zero-order valence-corrected chi connectivity index (χ0v) is 14.3. The van der Waals surface area contributed by atoms with Gasteiger partial charge in [0.2, 0.25) is 5.66 Å². The van der Waals surface area contributed by atoms with E-state index in [1.54, 1.807) is 0 Å². The van der Waals surface area contributed by atoms with E-state index in [0.29, 0.717) is 38.5 Å². The van der Waals surface area contributed by atoms with Crippen molar-refractivity contribution in [3.8, 4) is 36.5 Å². The van der Waals surface area contributed by atoms with Crippen LogP contribution in [0, 0.1) is 36.5 Å². The highest BCUT2D eigenvalue weighted by Gasteiger charge is 2.40. The third-order valence-corrected chi connectivity index (χ3v) is 4.87. The SMILES string of the molecule is C#CCCCCOP(=O)(OCCCCC#C)C(C#CC)C(=O)O. The smallest absolute Gasteiger partial charge is 0.356 e. The maximum absolute atomic E-state index is 12.8. The molecule has 0 fully saturated rings. The number of carboxylic acids is 1. The van der Waals surface area contributed by atoms with Crippen LogP contribution in [-0.4, -0.2) is 29.9 Å². The highest BCUT2D eigenvalue weighted by Crippen LogP contribution is 2.53. The second kappa shape index (κ2) is 12.8. The number of unbranched alkanes of at least 4 members (excludes halogenated alkanes) is 4. The van der Waals surface area contributed by atoms with Crippen LogP contribution in [0.5, 0.6) is 0 Å². The zero-order chi connectivity index (χ0) is 17.6. The number of terminal acetylenes is 2. The van der Waals surface area contributed by atoms with Gasteiger partial charge in [-0.05, 0) is 32.6 Å². The van der Waals surface area contributed by atoms with Gasteiger partial charge in [-0.2, -0.15) is 0 Å². The lowest BCUT2D eigenvalue weighted by molar-refractivity contribution is -0.135. The van der Waals surface area contributed by atoms with E-state index in [4.69, 9.17) is 21.9 Å². The number of carboxylic acid groups (broad SMARTS) is 1. The summed E-state index contributed by atoms with van der Waals surface area (Å²) >= 11 is 0. The topological polar surface area (TPSA) is 72.8 Å². The van der Waals surface area contributed by atoms with E-state index >= 15 is 0 Å². The monoisotopic (exact) mass is 338 g/mol. The molecule has 0 saturated heterocycles. The Labute approximate surface area is 138 Å². The van der Waals surface area contributed by atoms with Gasteiger partial charge < -0.3 is 14.2 Å². The van der Waals surface area contributed by atoms with E-state index in [0.717, 1.165) is 0 Å². The van der Waals surface area contributed by atoms with Crippen LogP contribution in [0.3, 0.4) is 0 Å². The maximum Gasteiger partial charge on any atom is 0.356 e. The standard InChI is InChI=1S/C17H23O5P/c1-4-7-9-11-14-21-23(20,16(13-6-3)17(18)19)22-15-12-10-8-5-2/h1-2,16H,7-12,14-15H2,3H3,(H,18,19). The highest BCUT2D eigenvalue weighted by molar-refractivity contribution is 7.56. The molecule has 0 aliphatic heterocycles. The average Bonchev–Trinajstić information content (AvgIpc) is 2.52. The summed E-state index contributed by atoms with van der Waals surface area (Å²) in [5.41, 5.74) is -1.49. The number of hydrogen-bond donors (Lipinski definition) is 1. The molecule has 0 aromatic carbocycles. The summed E-state index contributed by atoms with van der Waals surface area (Å²) in [6.45, 7) is 1.69. The molecule has 0 bridgehead atoms. The van der Waals surface area contributed by atoms with Crippen LogP contribution < -0.4 is 0 Å². The molecule has 126 valence electrons. The van der Waals surface area contributed by atoms with E-state index in [-0.39, 0.29) is 13.2 Å². The molecule has 1 unspecified atom stereocenters. The first-order valence-electron chi connectivity index (χ1n) is 7.42. The van der Waals surface area contributed by atoms with Crippen LogP contribution in [0.15, 0.2) is 0 Å². The van der Waals surface area contributed by atoms with Crippen LogP contribution in [0.4, 0.5) is 0 Å². The fourth-order valence-corrected chi connectivity index (χ4v) is 3.34. The minimum absolute atomic E-state index is 0.110. The Hall–Kier alpha value is -1.70. The normalized spacial score (nSPS) is 11.6. The lowest BCUT2D eigenvalue weighted by Gasteiger charge is -2.21. The van der Waals surface area contributed by atoms with Crippen molar-refractivity contribution in [3.05, 3.63) is 0 Å². The van der Waals surface area contributed by atoms with Crippen molar-refractivity contribution in [1.82, 2.24) is 0 Å². The summed E-state index contributed by atoms with van der Waals surface area (Å²) < 4.78 is 23.4. The van der Waals surface area contributed by atoms with E-state index in [1.165, 1.54) is 6.92 Å². The number of aliphatic carboxylic acids is 1. The Balaban J connectivity index is 4.77. The molecule has 0 aliphatic carbocycles. The predicted octanol–water partition coefficient (Wildman–Crippen LogP) is 3.30. The highest BCUT2D eigenvalue weighted by atomic mass is 31.2. The lowest BCUT2D eigenvalue weighted by Crippen LogP contribution is -2.22. The van der Waals surface area contributed by atoms with Crippen LogP contribution in [0.25, 0.3) is 0 Å². The van der Waals surface area contributed by atoms with Gasteiger partial charge in [0.05, 0.1) is 13.2 Å². The minimum atomic E-state index is -3.88. The molecule has 0 aliphatic rings. The van der Waals surface area contributed by atoms with Gasteiger partial charge in [-0.25, -0.2) is 0 Å². The van der Waals surface area contributed by atoms with E-state index < -0.39 is 19.2 Å². The van der Waals surface area contributed by atoms with Crippen molar-refractivity contribution in [2.24, 2.45) is 0 Å². The molecule has 1 atom stereocenters. The molecular weight excluding hydrogens is 315 g/mol. The van der Waals surface area contributed by atoms with Gasteiger partial charge >= 0.3 is 13.6 Å². The van der Waals surface area contributed by atoms with Crippen LogP contribution >= 0.6 is 7.60 Å². The fraction of sp³-hybridized carbons (Fsp3) is 0.588. The van der Waals surface area contributed by atoms with Crippen molar-refractivity contribution in [1.29, 1.82) is 0 Å². The second-order valence-corrected chi connectivity index (χ2v) is 6.78. The van der Waals surface area contributed by atoms with Crippen LogP contribution in [0.1, 0.15) is 45.4 Å². The molecule has 0 aromatic heterocycles. The third-order valence-electron chi connectivity index (χ3n) is 2.80. The van der Waals surface area contributed by atoms with E-state index in [9.17, 15) is 14.5 Å². The molecule has 23 heavy (non-hydrogen) atoms. The summed E-state index contributed by atoms with van der Waals surface area (Å²) in [4.78, 5) is 11.3. The first-order chi connectivity index (χ1) is 11.0. The first kappa shape index (κ1) is 21.3. The number of hydrogen-bond acceptors (Lipinski definition) is 4. The van der Waals surface area contributed by atoms with Gasteiger partial charge in [0.1, 0.15) is 0 Å². The van der Waals surface area contributed by atoms with Gasteiger partial charge in [-0.15, -0.1) is 30.6 Å². The Morgan fingerprint density at radius 3 is 1.91 bits per heavy atom. The van der Waals surface area contributed by atoms with Crippen LogP contribution in [0.2, 0.25) is 0 Å². The molecular formula is C17H23O5P. The number of carbonyl (C=O) groups is 1. The molecule has 6 heteroatoms. The van der Waals surface area contributed by atoms with Crippen molar-refractivity contribution in [2.75, 3.05) is 13.2 Å². The summed E-state index contributed by atoms with van der Waals surface area (Å²) in [6.07, 6.45) is 14.0. The van der Waals surface area contributed by atoms with Gasteiger partial charge in [0.25, 0.3) is 0 Å². The summed E-state index contributed by atoms with van der Waals surface area (Å²) in [5, 5.41) is 9.23. The lowest BCUT2D eigenvalue weighted by atomic mass is 10.2. The first-order valence-corrected chi connectivity index (χ1v) is 9.03. The predicted molar refractivity (Wildman–Crippen MR) is 89.8 cm³/mol. The Bertz CT molecular complexity index is 516. The molecule has 1 N–H and O–H groups in total. The molecule has 5 nitrogen and oxygen atoms in total. The molecule has 0 spiro atoms. The summed E-state index contributed by atoms with van der Waals surface area (Å²) in [6, 6.07) is 0. The average molecular weight is 338 g/mol. The Morgan fingerprint density at radius 2 is 1.57 bits per heavy atom. The van der Waals surface area contributed by atoms with Crippen LogP contribution in [-0.2, 0) is 18.4 Å². The van der Waals surface area contributed by atoms with E-state index in [2.05, 4.69) is 23.7 Å². The molecule has 0 radical (unpaired) electrons. The molecule has 0 saturated carbocycles. The van der Waals surface area contributed by atoms with Gasteiger partial charge in [0, 0.05) is 12.8 Å². The van der Waals surface area contributed by atoms with Crippen molar-refractivity contribution in [2.45, 2.75) is 51.1 Å². The quantitative estimate of drug-likeness (QED) is 0.336. The molecule has 0 rings (SSSR count). The van der Waals surface area contributed by atoms with Crippen molar-refractivity contribution in [3.63, 3.8) is 0 Å². The Morgan fingerprint density at radius 1 is 1.09 bits per heavy atom. The van der Waals surface area contributed by atoms with Gasteiger partial charge in [-0.1, -0.05) is 5.92 Å². The zero-order valence-electron chi connectivity index (χ0n) is 13.4. The minimum Gasteiger partial charge on any atom is -0.480 e. The van der Waals surface area contributed by atoms with Crippen molar-refractivity contribution >= 4 is 13.6 Å². The Kier molecular flexibility index (Phi) is 11.9. The fourth-order valence-electron chi connectivity index (χ4n) is 1.64. The largest absolute Gasteiger partial charge is 0.480 e. The summed E-state index contributed by atoms with van der Waals surface area (Å²) in [5.74, 6) is 8.52. The summed E-state index contributed by atoms with van der Waals surface area (Å²) in [7, 11) is -3.88. The third kappa shape index (κ3) is 9.12.